The third-order valence-corrected chi connectivity index (χ3v) is 5.73. The largest absolute Gasteiger partial charge is 0.286 e. The number of carbonyl (C=O) groups is 1. The predicted octanol–water partition coefficient (Wildman–Crippen LogP) is 6.50. The van der Waals surface area contributed by atoms with Crippen LogP contribution in [0.2, 0.25) is 0 Å². The number of thiol groups is 1. The van der Waals surface area contributed by atoms with Crippen LogP contribution in [0, 0.1) is 0 Å². The maximum Gasteiger partial charge on any atom is 0.222 e. The van der Waals surface area contributed by atoms with Gasteiger partial charge in [0.25, 0.3) is 0 Å². The molecular weight excluding hydrogens is 378 g/mol. The van der Waals surface area contributed by atoms with Crippen LogP contribution < -0.4 is 0 Å². The first-order chi connectivity index (χ1) is 14.3. The van der Waals surface area contributed by atoms with E-state index in [0.717, 1.165) is 18.7 Å². The Morgan fingerprint density at radius 2 is 1.41 bits per heavy atom. The summed E-state index contributed by atoms with van der Waals surface area (Å²) in [6.07, 6.45) is 25.8. The Bertz CT molecular complexity index is 686. The van der Waals surface area contributed by atoms with Crippen molar-refractivity contribution in [3.8, 4) is 0 Å². The molecule has 1 aliphatic carbocycles. The first-order valence-corrected chi connectivity index (χ1v) is 12.1. The Morgan fingerprint density at radius 1 is 0.862 bits per heavy atom. The topological polar surface area (TPSA) is 47.8 Å². The number of nitrogens with zero attached hydrogens (tertiary/aromatic N) is 3. The summed E-state index contributed by atoms with van der Waals surface area (Å²) >= 11 is 4.25. The van der Waals surface area contributed by atoms with E-state index in [0.29, 0.717) is 11.3 Å². The van der Waals surface area contributed by atoms with Crippen molar-refractivity contribution in [3.63, 3.8) is 0 Å². The highest BCUT2D eigenvalue weighted by atomic mass is 32.1. The molecule has 0 saturated heterocycles. The van der Waals surface area contributed by atoms with Crippen molar-refractivity contribution < 1.29 is 4.79 Å². The molecule has 0 saturated carbocycles. The second-order valence-electron chi connectivity index (χ2n) is 7.95. The van der Waals surface area contributed by atoms with Crippen LogP contribution in [0.25, 0.3) is 0 Å². The number of hydrogen-bond acceptors (Lipinski definition) is 4. The number of carbonyl (C=O) groups excluding carboxylic acids is 1. The molecule has 160 valence electrons. The summed E-state index contributed by atoms with van der Waals surface area (Å²) in [7, 11) is 0. The lowest BCUT2D eigenvalue weighted by molar-refractivity contribution is 0.103. The molecule has 0 unspecified atom stereocenters. The molecule has 29 heavy (non-hydrogen) atoms. The molecule has 4 nitrogen and oxygen atoms in total. The first kappa shape index (κ1) is 23.7. The average molecular weight is 416 g/mol. The molecule has 1 aliphatic rings. The third-order valence-electron chi connectivity index (χ3n) is 5.41. The monoisotopic (exact) mass is 415 g/mol. The molecule has 0 fully saturated rings. The quantitative estimate of drug-likeness (QED) is 0.129. The molecule has 1 heterocycles. The highest BCUT2D eigenvalue weighted by Gasteiger charge is 2.14. The molecule has 1 aromatic heterocycles. The zero-order chi connectivity index (χ0) is 20.6. The van der Waals surface area contributed by atoms with Crippen molar-refractivity contribution in [2.24, 2.45) is 0 Å². The van der Waals surface area contributed by atoms with Gasteiger partial charge in [-0.3, -0.25) is 9.48 Å². The number of unbranched alkanes of at least 4 members (excludes halogenated alkanes) is 13. The summed E-state index contributed by atoms with van der Waals surface area (Å²) in [5.41, 5.74) is 3.88. The maximum atomic E-state index is 12.2. The minimum absolute atomic E-state index is 0.102. The van der Waals surface area contributed by atoms with E-state index >= 15 is 0 Å². The number of Topliss-reactive ketones (excluding diaryl/α,β-unsaturated/α-hetero) is 1. The lowest BCUT2D eigenvalue weighted by atomic mass is 10.0. The molecule has 1 aromatic rings. The van der Waals surface area contributed by atoms with E-state index in [-0.39, 0.29) is 5.78 Å². The second kappa shape index (κ2) is 15.3. The summed E-state index contributed by atoms with van der Waals surface area (Å²) in [4.78, 5) is 12.2. The van der Waals surface area contributed by atoms with Crippen molar-refractivity contribution in [3.05, 3.63) is 41.4 Å². The van der Waals surface area contributed by atoms with Crippen LogP contribution in [0.1, 0.15) is 100 Å². The minimum Gasteiger partial charge on any atom is -0.286 e. The van der Waals surface area contributed by atoms with Crippen molar-refractivity contribution >= 4 is 18.4 Å². The number of aromatic nitrogens is 3. The van der Waals surface area contributed by atoms with E-state index in [4.69, 9.17) is 0 Å². The van der Waals surface area contributed by atoms with Gasteiger partial charge in [-0.2, -0.15) is 12.6 Å². The van der Waals surface area contributed by atoms with Gasteiger partial charge in [0.1, 0.15) is 0 Å². The molecule has 0 atom stereocenters. The highest BCUT2D eigenvalue weighted by Crippen LogP contribution is 2.14. The second-order valence-corrected chi connectivity index (χ2v) is 8.40. The van der Waals surface area contributed by atoms with Gasteiger partial charge in [-0.15, -0.1) is 10.8 Å². The molecule has 0 bridgehead atoms. The van der Waals surface area contributed by atoms with E-state index in [1.165, 1.54) is 83.5 Å². The Kier molecular flexibility index (Phi) is 12.5. The summed E-state index contributed by atoms with van der Waals surface area (Å²) in [5.74, 6) is 0.937. The molecule has 0 amide bonds. The summed E-state index contributed by atoms with van der Waals surface area (Å²) < 4.78 is 1.79. The zero-order valence-corrected chi connectivity index (χ0v) is 18.7. The van der Waals surface area contributed by atoms with Gasteiger partial charge in [0, 0.05) is 6.54 Å². The predicted molar refractivity (Wildman–Crippen MR) is 124 cm³/mol. The van der Waals surface area contributed by atoms with Gasteiger partial charge in [0.05, 0.1) is 11.8 Å². The van der Waals surface area contributed by atoms with Crippen LogP contribution in [0.3, 0.4) is 0 Å². The fourth-order valence-electron chi connectivity index (χ4n) is 3.63. The molecule has 0 N–H and O–H groups in total. The first-order valence-electron chi connectivity index (χ1n) is 11.5. The lowest BCUT2D eigenvalue weighted by Gasteiger charge is -2.03. The normalized spacial score (nSPS) is 12.7. The Balaban J connectivity index is 1.39. The van der Waals surface area contributed by atoms with Crippen LogP contribution in [0.15, 0.2) is 35.7 Å². The number of ketones is 1. The molecule has 0 aromatic carbocycles. The molecule has 0 aliphatic heterocycles. The molecule has 0 radical (unpaired) electrons. The number of hydrogen-bond donors (Lipinski definition) is 1. The average Bonchev–Trinajstić information content (AvgIpc) is 3.43. The van der Waals surface area contributed by atoms with Crippen molar-refractivity contribution in [2.75, 3.05) is 5.75 Å². The van der Waals surface area contributed by atoms with Gasteiger partial charge < -0.3 is 0 Å². The van der Waals surface area contributed by atoms with Gasteiger partial charge in [0.2, 0.25) is 5.78 Å². The Hall–Kier alpha value is -1.58. The van der Waals surface area contributed by atoms with Gasteiger partial charge >= 0.3 is 0 Å². The van der Waals surface area contributed by atoms with Crippen LogP contribution in [0.4, 0.5) is 0 Å². The van der Waals surface area contributed by atoms with E-state index in [9.17, 15) is 4.79 Å². The molecule has 5 heteroatoms. The standard InChI is InChI=1S/C24H37N3OS/c28-24(22-17-13-14-18-22)23-21-27(26-25-23)19-15-11-9-7-5-3-1-2-4-6-8-10-12-16-20-29/h13-14,17,21,29H,1-12,15-16,19-20H2. The molecule has 2 rings (SSSR count). The fourth-order valence-corrected chi connectivity index (χ4v) is 3.85. The summed E-state index contributed by atoms with van der Waals surface area (Å²) in [6.45, 7) is 0.832. The fraction of sp³-hybridized carbons (Fsp3) is 0.667. The Morgan fingerprint density at radius 3 is 1.93 bits per heavy atom. The number of allylic oxidation sites excluding steroid dienone is 3. The van der Waals surface area contributed by atoms with E-state index in [1.807, 2.05) is 6.08 Å². The minimum atomic E-state index is -0.102. The van der Waals surface area contributed by atoms with Crippen LogP contribution >= 0.6 is 12.6 Å². The van der Waals surface area contributed by atoms with Crippen molar-refractivity contribution in [2.45, 2.75) is 96.4 Å². The van der Waals surface area contributed by atoms with E-state index in [1.54, 1.807) is 23.0 Å². The highest BCUT2D eigenvalue weighted by molar-refractivity contribution is 7.80. The Labute approximate surface area is 181 Å². The van der Waals surface area contributed by atoms with Crippen LogP contribution in [0.5, 0.6) is 0 Å². The SMILES string of the molecule is O=C(C1=C=CC=C1)c1cn(CCCCCCCCCCCCCCCCS)nn1. The van der Waals surface area contributed by atoms with E-state index in [2.05, 4.69) is 28.7 Å². The lowest BCUT2D eigenvalue weighted by Crippen LogP contribution is -2.01. The van der Waals surface area contributed by atoms with Crippen molar-refractivity contribution in [1.82, 2.24) is 15.0 Å². The third kappa shape index (κ3) is 10.1. The number of rotatable bonds is 18. The smallest absolute Gasteiger partial charge is 0.222 e. The van der Waals surface area contributed by atoms with Gasteiger partial charge in [-0.05, 0) is 30.7 Å². The molecular formula is C24H37N3OS. The summed E-state index contributed by atoms with van der Waals surface area (Å²) in [5, 5.41) is 8.08. The summed E-state index contributed by atoms with van der Waals surface area (Å²) in [6, 6.07) is 0. The van der Waals surface area contributed by atoms with Crippen LogP contribution in [-0.4, -0.2) is 26.5 Å². The maximum absolute atomic E-state index is 12.2. The van der Waals surface area contributed by atoms with Gasteiger partial charge in [-0.1, -0.05) is 88.3 Å². The van der Waals surface area contributed by atoms with Gasteiger partial charge in [-0.25, -0.2) is 0 Å². The van der Waals surface area contributed by atoms with Crippen molar-refractivity contribution in [1.29, 1.82) is 0 Å². The molecule has 0 spiro atoms. The van der Waals surface area contributed by atoms with Crippen LogP contribution in [-0.2, 0) is 6.54 Å². The number of aryl methyl sites for hydroxylation is 1. The zero-order valence-electron chi connectivity index (χ0n) is 17.8. The van der Waals surface area contributed by atoms with E-state index < -0.39 is 0 Å². The van der Waals surface area contributed by atoms with Gasteiger partial charge in [0.15, 0.2) is 5.69 Å².